The molecule has 0 aliphatic heterocycles. The molecule has 0 aliphatic carbocycles. The van der Waals surface area contributed by atoms with Crippen molar-refractivity contribution in [1.29, 1.82) is 0 Å². The molecule has 0 saturated carbocycles. The van der Waals surface area contributed by atoms with Crippen LogP contribution < -0.4 is 5.32 Å². The Bertz CT molecular complexity index is 197. The minimum absolute atomic E-state index is 0.604. The molecule has 1 heteroatoms. The van der Waals surface area contributed by atoms with E-state index in [1.165, 1.54) is 11.1 Å². The summed E-state index contributed by atoms with van der Waals surface area (Å²) in [4.78, 5) is 0. The van der Waals surface area contributed by atoms with Crippen molar-refractivity contribution in [2.75, 3.05) is 7.05 Å². The number of nitrogens with one attached hydrogen (secondary N) is 1. The fraction of sp³-hybridized carbons (Fsp3) is 0.667. The first-order valence-electron chi connectivity index (χ1n) is 5.05. The molecule has 0 aromatic heterocycles. The molecule has 0 saturated heterocycles. The lowest BCUT2D eigenvalue weighted by atomic mass is 9.92. The summed E-state index contributed by atoms with van der Waals surface area (Å²) >= 11 is 0. The van der Waals surface area contributed by atoms with Crippen molar-refractivity contribution in [3.8, 4) is 0 Å². The van der Waals surface area contributed by atoms with Crippen LogP contribution in [0.4, 0.5) is 0 Å². The van der Waals surface area contributed by atoms with Crippen molar-refractivity contribution in [1.82, 2.24) is 5.32 Å². The predicted octanol–water partition coefficient (Wildman–Crippen LogP) is 3.35. The lowest BCUT2D eigenvalue weighted by molar-refractivity contribution is 0.705. The van der Waals surface area contributed by atoms with E-state index in [0.717, 1.165) is 0 Å². The van der Waals surface area contributed by atoms with Crippen LogP contribution in [-0.2, 0) is 0 Å². The van der Waals surface area contributed by atoms with Gasteiger partial charge in [0, 0.05) is 7.05 Å². The van der Waals surface area contributed by atoms with Gasteiger partial charge in [-0.05, 0) is 36.6 Å². The molecule has 0 aliphatic rings. The van der Waals surface area contributed by atoms with Gasteiger partial charge >= 0.3 is 0 Å². The van der Waals surface area contributed by atoms with Gasteiger partial charge < -0.3 is 5.32 Å². The van der Waals surface area contributed by atoms with E-state index in [0.29, 0.717) is 11.8 Å². The second-order valence-electron chi connectivity index (χ2n) is 4.07. The minimum atomic E-state index is 0.604. The minimum Gasteiger partial charge on any atom is -0.394 e. The zero-order valence-corrected chi connectivity index (χ0v) is 9.81. The Hall–Kier alpha value is -0.720. The first-order chi connectivity index (χ1) is 6.00. The van der Waals surface area contributed by atoms with Gasteiger partial charge in [0.25, 0.3) is 0 Å². The molecule has 0 aromatic rings. The van der Waals surface area contributed by atoms with E-state index in [1.54, 1.807) is 0 Å². The Balaban J connectivity index is 4.78. The van der Waals surface area contributed by atoms with Crippen molar-refractivity contribution in [2.45, 2.75) is 34.6 Å². The largest absolute Gasteiger partial charge is 0.394 e. The average Bonchev–Trinajstić information content (AvgIpc) is 2.04. The Kier molecular flexibility index (Phi) is 5.52. The maximum Gasteiger partial charge on any atom is 0.00277 e. The van der Waals surface area contributed by atoms with Crippen LogP contribution in [0, 0.1) is 11.8 Å². The number of hydrogen-bond donors (Lipinski definition) is 1. The first kappa shape index (κ1) is 12.3. The third kappa shape index (κ3) is 4.16. The van der Waals surface area contributed by atoms with E-state index in [1.807, 2.05) is 13.2 Å². The zero-order chi connectivity index (χ0) is 10.4. The molecule has 0 amide bonds. The molecule has 0 atom stereocenters. The molecule has 0 spiro atoms. The molecule has 0 heterocycles. The van der Waals surface area contributed by atoms with E-state index < -0.39 is 0 Å². The predicted molar refractivity (Wildman–Crippen MR) is 60.6 cm³/mol. The Morgan fingerprint density at radius 3 is 1.92 bits per heavy atom. The Morgan fingerprint density at radius 1 is 1.08 bits per heavy atom. The van der Waals surface area contributed by atoms with Crippen LogP contribution in [0.5, 0.6) is 0 Å². The third-order valence-corrected chi connectivity index (χ3v) is 2.37. The summed E-state index contributed by atoms with van der Waals surface area (Å²) in [5.41, 5.74) is 2.94. The van der Waals surface area contributed by atoms with Gasteiger partial charge in [-0.3, -0.25) is 0 Å². The van der Waals surface area contributed by atoms with Crippen molar-refractivity contribution in [2.24, 2.45) is 11.8 Å². The van der Waals surface area contributed by atoms with E-state index >= 15 is 0 Å². The van der Waals surface area contributed by atoms with Gasteiger partial charge in [-0.1, -0.05) is 33.3 Å². The quantitative estimate of drug-likeness (QED) is 0.656. The fourth-order valence-corrected chi connectivity index (χ4v) is 1.29. The molecule has 0 rings (SSSR count). The van der Waals surface area contributed by atoms with Gasteiger partial charge in [0.05, 0.1) is 0 Å². The van der Waals surface area contributed by atoms with Crippen LogP contribution in [0.15, 0.2) is 23.4 Å². The van der Waals surface area contributed by atoms with Crippen molar-refractivity contribution in [3.63, 3.8) is 0 Å². The Morgan fingerprint density at radius 2 is 1.62 bits per heavy atom. The van der Waals surface area contributed by atoms with Crippen molar-refractivity contribution in [3.05, 3.63) is 23.4 Å². The van der Waals surface area contributed by atoms with E-state index in [-0.39, 0.29) is 0 Å². The molecular weight excluding hydrogens is 158 g/mol. The molecule has 1 nitrogen and oxygen atoms in total. The van der Waals surface area contributed by atoms with Gasteiger partial charge in [-0.15, -0.1) is 0 Å². The second-order valence-corrected chi connectivity index (χ2v) is 4.07. The van der Waals surface area contributed by atoms with E-state index in [4.69, 9.17) is 0 Å². The fourth-order valence-electron chi connectivity index (χ4n) is 1.29. The van der Waals surface area contributed by atoms with Gasteiger partial charge in [-0.25, -0.2) is 0 Å². The van der Waals surface area contributed by atoms with Gasteiger partial charge in [-0.2, -0.15) is 0 Å². The van der Waals surface area contributed by atoms with E-state index in [2.05, 4.69) is 46.0 Å². The number of rotatable bonds is 4. The molecule has 1 N–H and O–H groups in total. The highest BCUT2D eigenvalue weighted by Crippen LogP contribution is 2.21. The SMILES string of the molecule is CN/C=C\C(=C(/C)C(C)C)C(C)C. The van der Waals surface area contributed by atoms with Gasteiger partial charge in [0.1, 0.15) is 0 Å². The molecule has 76 valence electrons. The highest BCUT2D eigenvalue weighted by molar-refractivity contribution is 5.27. The lowest BCUT2D eigenvalue weighted by Gasteiger charge is -2.15. The normalized spacial score (nSPS) is 14.2. The summed E-state index contributed by atoms with van der Waals surface area (Å²) in [6.45, 7) is 11.2. The summed E-state index contributed by atoms with van der Waals surface area (Å²) in [5, 5.41) is 3.03. The second kappa shape index (κ2) is 5.85. The summed E-state index contributed by atoms with van der Waals surface area (Å²) in [5.74, 6) is 1.24. The zero-order valence-electron chi connectivity index (χ0n) is 9.81. The maximum absolute atomic E-state index is 3.03. The number of hydrogen-bond acceptors (Lipinski definition) is 1. The average molecular weight is 181 g/mol. The summed E-state index contributed by atoms with van der Waals surface area (Å²) in [6, 6.07) is 0. The van der Waals surface area contributed by atoms with Crippen LogP contribution in [0.1, 0.15) is 34.6 Å². The van der Waals surface area contributed by atoms with Crippen molar-refractivity contribution < 1.29 is 0 Å². The van der Waals surface area contributed by atoms with Crippen LogP contribution in [0.2, 0.25) is 0 Å². The summed E-state index contributed by atoms with van der Waals surface area (Å²) in [7, 11) is 1.93. The first-order valence-corrected chi connectivity index (χ1v) is 5.05. The lowest BCUT2D eigenvalue weighted by Crippen LogP contribution is -2.02. The smallest absolute Gasteiger partial charge is 0.00277 e. The topological polar surface area (TPSA) is 12.0 Å². The monoisotopic (exact) mass is 181 g/mol. The van der Waals surface area contributed by atoms with Crippen LogP contribution in [-0.4, -0.2) is 7.05 Å². The van der Waals surface area contributed by atoms with E-state index in [9.17, 15) is 0 Å². The molecule has 0 radical (unpaired) electrons. The van der Waals surface area contributed by atoms with Crippen LogP contribution in [0.3, 0.4) is 0 Å². The summed E-state index contributed by atoms with van der Waals surface area (Å²) in [6.07, 6.45) is 4.18. The summed E-state index contributed by atoms with van der Waals surface area (Å²) < 4.78 is 0. The van der Waals surface area contributed by atoms with Crippen LogP contribution in [0.25, 0.3) is 0 Å². The molecule has 0 unspecified atom stereocenters. The van der Waals surface area contributed by atoms with Crippen molar-refractivity contribution >= 4 is 0 Å². The molecule has 0 bridgehead atoms. The standard InChI is InChI=1S/C12H23N/c1-9(2)11(5)12(10(3)4)7-8-13-6/h7-10,13H,1-6H3/b8-7-,12-11-. The highest BCUT2D eigenvalue weighted by atomic mass is 14.8. The van der Waals surface area contributed by atoms with Gasteiger partial charge in [0.2, 0.25) is 0 Å². The number of allylic oxidation sites excluding steroid dienone is 3. The molecular formula is C12H23N. The maximum atomic E-state index is 3.03. The highest BCUT2D eigenvalue weighted by Gasteiger charge is 2.06. The Labute approximate surface area is 82.9 Å². The molecule has 0 aromatic carbocycles. The van der Waals surface area contributed by atoms with Crippen LogP contribution >= 0.6 is 0 Å². The molecule has 0 fully saturated rings. The molecule has 13 heavy (non-hydrogen) atoms. The van der Waals surface area contributed by atoms with Gasteiger partial charge in [0.15, 0.2) is 0 Å². The third-order valence-electron chi connectivity index (χ3n) is 2.37.